The molecule has 0 amide bonds. The molecule has 0 aliphatic rings. The molecule has 0 heterocycles. The first-order chi connectivity index (χ1) is 2.27. The van der Waals surface area contributed by atoms with Gasteiger partial charge in [-0.05, 0) is 0 Å². The number of hydrogen-bond donors (Lipinski definition) is 0. The van der Waals surface area contributed by atoms with Gasteiger partial charge in [0, 0.05) is 0 Å². The quantitative estimate of drug-likeness (QED) is 0.439. The zero-order valence-corrected chi connectivity index (χ0v) is 4.74. The third kappa shape index (κ3) is 4.34. The first-order valence-corrected chi connectivity index (χ1v) is 1.92. The van der Waals surface area contributed by atoms with E-state index >= 15 is 0 Å². The van der Waals surface area contributed by atoms with Crippen molar-refractivity contribution < 1.29 is 17.2 Å². The molecule has 0 fully saturated rings. The fourth-order valence-electron chi connectivity index (χ4n) is 0. The van der Waals surface area contributed by atoms with Crippen LogP contribution in [0, 0.1) is 0 Å². The minimum atomic E-state index is 1.72. The molecular weight excluding hydrogens is 103 g/mol. The fourth-order valence-corrected chi connectivity index (χ4v) is 0. The van der Waals surface area contributed by atoms with Crippen LogP contribution >= 0.6 is 0 Å². The Morgan fingerprint density at radius 2 is 1.80 bits per heavy atom. The number of nitrogens with zero attached hydrogens (tertiary/aromatic N) is 2. The molecule has 29 valence electrons. The average Bonchev–Trinajstić information content (AvgIpc) is 1.38. The van der Waals surface area contributed by atoms with Gasteiger partial charge in [0.15, 0.2) is 0 Å². The van der Waals surface area contributed by atoms with Crippen LogP contribution in [0.1, 0.15) is 0 Å². The molecule has 0 N–H and O–H groups in total. The van der Waals surface area contributed by atoms with Gasteiger partial charge in [-0.1, -0.05) is 0 Å². The summed E-state index contributed by atoms with van der Waals surface area (Å²) in [4.78, 5) is 0. The summed E-state index contributed by atoms with van der Waals surface area (Å²) in [6.45, 7) is 0. The summed E-state index contributed by atoms with van der Waals surface area (Å²) in [5, 5.41) is 1.72. The van der Waals surface area contributed by atoms with Crippen molar-refractivity contribution >= 4 is 0 Å². The molecule has 0 atom stereocenters. The van der Waals surface area contributed by atoms with E-state index in [-0.39, 0.29) is 0 Å². The van der Waals surface area contributed by atoms with Crippen LogP contribution in [0.4, 0.5) is 0 Å². The molecular formula is C2H6N2V. The number of rotatable bonds is 1. The Balaban J connectivity index is 2.83. The maximum absolute atomic E-state index is 3.66. The fraction of sp³-hybridized carbons (Fsp3) is 1.00. The molecule has 0 aromatic carbocycles. The molecule has 0 bridgehead atoms. The third-order valence-electron chi connectivity index (χ3n) is 0.179. The molecule has 0 aliphatic carbocycles. The summed E-state index contributed by atoms with van der Waals surface area (Å²) in [6.07, 6.45) is 0. The topological polar surface area (TPSA) is 15.6 Å². The normalized spacial score (nSPS) is 8.40. The second-order valence-corrected chi connectivity index (χ2v) is 1.22. The van der Waals surface area contributed by atoms with E-state index < -0.39 is 0 Å². The first kappa shape index (κ1) is 5.34. The van der Waals surface area contributed by atoms with E-state index in [9.17, 15) is 0 Å². The predicted octanol–water partition coefficient (Wildman–Crippen LogP) is 0.193. The van der Waals surface area contributed by atoms with Crippen molar-refractivity contribution in [1.29, 1.82) is 0 Å². The summed E-state index contributed by atoms with van der Waals surface area (Å²) in [5.41, 5.74) is 0. The molecule has 0 unspecified atom stereocenters. The van der Waals surface area contributed by atoms with Crippen molar-refractivity contribution in [2.24, 2.45) is 3.90 Å². The van der Waals surface area contributed by atoms with Crippen molar-refractivity contribution in [2.45, 2.75) is 0 Å². The van der Waals surface area contributed by atoms with E-state index in [0.717, 1.165) is 0 Å². The molecule has 2 nitrogen and oxygen atoms in total. The molecule has 0 saturated carbocycles. The summed E-state index contributed by atoms with van der Waals surface area (Å²) in [7, 11) is 3.75. The van der Waals surface area contributed by atoms with Crippen molar-refractivity contribution in [3.05, 3.63) is 0 Å². The Labute approximate surface area is 40.9 Å². The van der Waals surface area contributed by atoms with Crippen LogP contribution < -0.4 is 0 Å². The van der Waals surface area contributed by atoms with Crippen LogP contribution in [-0.4, -0.2) is 19.1 Å². The van der Waals surface area contributed by atoms with Crippen LogP contribution in [0.5, 0.6) is 0 Å². The Hall–Kier alpha value is 0.344. The van der Waals surface area contributed by atoms with Crippen molar-refractivity contribution in [1.82, 2.24) is 5.01 Å². The average molecular weight is 109 g/mol. The van der Waals surface area contributed by atoms with Gasteiger partial charge in [-0.15, -0.1) is 0 Å². The molecule has 0 saturated heterocycles. The van der Waals surface area contributed by atoms with Gasteiger partial charge in [0.2, 0.25) is 0 Å². The van der Waals surface area contributed by atoms with E-state index in [1.54, 1.807) is 5.01 Å². The summed E-state index contributed by atoms with van der Waals surface area (Å²) < 4.78 is 3.66. The van der Waals surface area contributed by atoms with Gasteiger partial charge in [0.1, 0.15) is 0 Å². The molecule has 0 aromatic rings. The summed E-state index contributed by atoms with van der Waals surface area (Å²) >= 11 is 2.12. The van der Waals surface area contributed by atoms with E-state index in [0.29, 0.717) is 0 Å². The molecule has 0 radical (unpaired) electrons. The SMILES string of the molecule is CN(C)[N]=[V]. The van der Waals surface area contributed by atoms with E-state index in [1.807, 2.05) is 14.1 Å². The zero-order valence-electron chi connectivity index (χ0n) is 3.34. The van der Waals surface area contributed by atoms with Gasteiger partial charge >= 0.3 is 40.2 Å². The first-order valence-electron chi connectivity index (χ1n) is 1.29. The van der Waals surface area contributed by atoms with Gasteiger partial charge in [-0.3, -0.25) is 0 Å². The molecule has 0 rings (SSSR count). The Morgan fingerprint density at radius 1 is 1.60 bits per heavy atom. The van der Waals surface area contributed by atoms with Gasteiger partial charge in [0.25, 0.3) is 0 Å². The van der Waals surface area contributed by atoms with Crippen LogP contribution in [-0.2, 0) is 17.2 Å². The zero-order chi connectivity index (χ0) is 4.28. The molecule has 0 aliphatic heterocycles. The Kier molecular flexibility index (Phi) is 2.75. The second kappa shape index (κ2) is 2.57. The monoisotopic (exact) mass is 109 g/mol. The van der Waals surface area contributed by atoms with Crippen LogP contribution in [0.2, 0.25) is 0 Å². The Morgan fingerprint density at radius 3 is 1.80 bits per heavy atom. The van der Waals surface area contributed by atoms with Gasteiger partial charge in [-0.2, -0.15) is 0 Å². The molecule has 0 aromatic heterocycles. The van der Waals surface area contributed by atoms with E-state index in [1.165, 1.54) is 0 Å². The van der Waals surface area contributed by atoms with Gasteiger partial charge < -0.3 is 0 Å². The number of hydrogen-bond acceptors (Lipinski definition) is 2. The standard InChI is InChI=1S/C2H6N2.V/c1-4(2)3;/h1-2H3;. The minimum absolute atomic E-state index is 1.72. The Bertz CT molecular complexity index is 34.6. The maximum atomic E-state index is 3.66. The van der Waals surface area contributed by atoms with Crippen molar-refractivity contribution in [2.75, 3.05) is 14.1 Å². The van der Waals surface area contributed by atoms with E-state index in [2.05, 4.69) is 21.1 Å². The van der Waals surface area contributed by atoms with Gasteiger partial charge in [0.05, 0.1) is 0 Å². The summed E-state index contributed by atoms with van der Waals surface area (Å²) in [6, 6.07) is 0. The molecule has 3 heteroatoms. The molecule has 0 spiro atoms. The predicted molar refractivity (Wildman–Crippen MR) is 16.1 cm³/mol. The van der Waals surface area contributed by atoms with E-state index in [4.69, 9.17) is 0 Å². The second-order valence-electron chi connectivity index (χ2n) is 0.937. The third-order valence-corrected chi connectivity index (χ3v) is 0.738. The van der Waals surface area contributed by atoms with Crippen LogP contribution in [0.25, 0.3) is 0 Å². The molecule has 5 heavy (non-hydrogen) atoms. The van der Waals surface area contributed by atoms with Crippen molar-refractivity contribution in [3.63, 3.8) is 0 Å². The van der Waals surface area contributed by atoms with Gasteiger partial charge in [-0.25, -0.2) is 0 Å². The van der Waals surface area contributed by atoms with Crippen LogP contribution in [0.3, 0.4) is 0 Å². The van der Waals surface area contributed by atoms with Crippen LogP contribution in [0.15, 0.2) is 3.90 Å². The summed E-state index contributed by atoms with van der Waals surface area (Å²) in [5.74, 6) is 0. The van der Waals surface area contributed by atoms with Crippen molar-refractivity contribution in [3.8, 4) is 0 Å².